The molecule has 0 spiro atoms. The number of fused-ring (bicyclic) bond motifs is 1. The fraction of sp³-hybridized carbons (Fsp3) is 0.158. The molecule has 6 nitrogen and oxygen atoms in total. The standard InChI is InChI=1S/C19H15F2N5O/c1-11-4-12(9-27)6-13(5-11)15-7-16(24-10-23-15)17-8-22-18-3-2-14(19(20)21)25-26(17)18/h2-8,10,19,27H,9H2,1H3. The minimum atomic E-state index is -2.67. The van der Waals surface area contributed by atoms with Gasteiger partial charge in [-0.2, -0.15) is 5.10 Å². The molecule has 0 atom stereocenters. The molecule has 0 fully saturated rings. The number of aliphatic hydroxyl groups excluding tert-OH is 1. The van der Waals surface area contributed by atoms with Gasteiger partial charge in [-0.25, -0.2) is 28.2 Å². The number of halogens is 2. The van der Waals surface area contributed by atoms with Gasteiger partial charge in [0, 0.05) is 5.56 Å². The van der Waals surface area contributed by atoms with Gasteiger partial charge >= 0.3 is 0 Å². The monoisotopic (exact) mass is 367 g/mol. The molecule has 0 bridgehead atoms. The Balaban J connectivity index is 1.83. The number of hydrogen-bond acceptors (Lipinski definition) is 5. The Morgan fingerprint density at radius 3 is 2.63 bits per heavy atom. The van der Waals surface area contributed by atoms with Crippen molar-refractivity contribution in [2.45, 2.75) is 20.0 Å². The van der Waals surface area contributed by atoms with Crippen molar-refractivity contribution in [2.24, 2.45) is 0 Å². The number of nitrogens with zero attached hydrogens (tertiary/aromatic N) is 5. The van der Waals surface area contributed by atoms with E-state index in [4.69, 9.17) is 0 Å². The van der Waals surface area contributed by atoms with Gasteiger partial charge in [0.15, 0.2) is 5.65 Å². The normalized spacial score (nSPS) is 11.4. The molecule has 3 heterocycles. The van der Waals surface area contributed by atoms with Gasteiger partial charge in [0.2, 0.25) is 0 Å². The molecular formula is C19H15F2N5O. The SMILES string of the molecule is Cc1cc(CO)cc(-c2cc(-c3cnc4ccc(C(F)F)nn34)ncn2)c1. The maximum Gasteiger partial charge on any atom is 0.282 e. The molecule has 0 aliphatic heterocycles. The molecule has 0 radical (unpaired) electrons. The Bertz CT molecular complexity index is 1130. The van der Waals surface area contributed by atoms with Crippen molar-refractivity contribution in [2.75, 3.05) is 0 Å². The topological polar surface area (TPSA) is 76.2 Å². The van der Waals surface area contributed by atoms with Crippen molar-refractivity contribution in [3.8, 4) is 22.6 Å². The first kappa shape index (κ1) is 17.2. The maximum atomic E-state index is 13.0. The average Bonchev–Trinajstić information content (AvgIpc) is 3.10. The van der Waals surface area contributed by atoms with Crippen molar-refractivity contribution in [3.63, 3.8) is 0 Å². The second-order valence-corrected chi connectivity index (χ2v) is 6.13. The number of aryl methyl sites for hydroxylation is 1. The third-order valence-corrected chi connectivity index (χ3v) is 4.15. The van der Waals surface area contributed by atoms with E-state index < -0.39 is 6.43 Å². The first-order valence-electron chi connectivity index (χ1n) is 8.22. The Hall–Kier alpha value is -3.26. The lowest BCUT2D eigenvalue weighted by molar-refractivity contribution is 0.144. The number of hydrogen-bond donors (Lipinski definition) is 1. The van der Waals surface area contributed by atoms with E-state index in [0.717, 1.165) is 16.7 Å². The van der Waals surface area contributed by atoms with Crippen molar-refractivity contribution in [1.29, 1.82) is 0 Å². The molecule has 1 N–H and O–H groups in total. The first-order valence-corrected chi connectivity index (χ1v) is 8.22. The van der Waals surface area contributed by atoms with Crippen LogP contribution in [0.15, 0.2) is 48.9 Å². The summed E-state index contributed by atoms with van der Waals surface area (Å²) in [4.78, 5) is 12.7. The van der Waals surface area contributed by atoms with E-state index in [1.807, 2.05) is 25.1 Å². The predicted molar refractivity (Wildman–Crippen MR) is 95.1 cm³/mol. The lowest BCUT2D eigenvalue weighted by Crippen LogP contribution is -2.01. The van der Waals surface area contributed by atoms with Crippen LogP contribution in [0.5, 0.6) is 0 Å². The highest BCUT2D eigenvalue weighted by Crippen LogP contribution is 2.26. The molecule has 0 aliphatic carbocycles. The third-order valence-electron chi connectivity index (χ3n) is 4.15. The largest absolute Gasteiger partial charge is 0.392 e. The molecule has 0 saturated heterocycles. The molecule has 0 amide bonds. The summed E-state index contributed by atoms with van der Waals surface area (Å²) in [5.41, 5.74) is 4.38. The fourth-order valence-corrected chi connectivity index (χ4v) is 2.94. The number of benzene rings is 1. The zero-order valence-corrected chi connectivity index (χ0v) is 14.3. The zero-order chi connectivity index (χ0) is 19.0. The van der Waals surface area contributed by atoms with Crippen molar-refractivity contribution in [1.82, 2.24) is 24.6 Å². The summed E-state index contributed by atoms with van der Waals surface area (Å²) in [5, 5.41) is 13.4. The van der Waals surface area contributed by atoms with Gasteiger partial charge in [0.05, 0.1) is 24.2 Å². The highest BCUT2D eigenvalue weighted by Gasteiger charge is 2.14. The number of aromatic nitrogens is 5. The van der Waals surface area contributed by atoms with E-state index in [9.17, 15) is 13.9 Å². The van der Waals surface area contributed by atoms with Crippen LogP contribution >= 0.6 is 0 Å². The van der Waals surface area contributed by atoms with Gasteiger partial charge in [-0.3, -0.25) is 0 Å². The van der Waals surface area contributed by atoms with E-state index in [1.54, 1.807) is 12.3 Å². The highest BCUT2D eigenvalue weighted by atomic mass is 19.3. The maximum absolute atomic E-state index is 13.0. The van der Waals surface area contributed by atoms with E-state index in [0.29, 0.717) is 22.7 Å². The first-order chi connectivity index (χ1) is 13.0. The molecule has 0 aliphatic rings. The predicted octanol–water partition coefficient (Wildman–Crippen LogP) is 3.59. The molecule has 3 aromatic heterocycles. The third kappa shape index (κ3) is 3.26. The fourth-order valence-electron chi connectivity index (χ4n) is 2.94. The highest BCUT2D eigenvalue weighted by molar-refractivity contribution is 5.68. The molecule has 4 aromatic rings. The number of rotatable bonds is 4. The van der Waals surface area contributed by atoms with E-state index >= 15 is 0 Å². The summed E-state index contributed by atoms with van der Waals surface area (Å²) in [7, 11) is 0. The van der Waals surface area contributed by atoms with E-state index in [2.05, 4.69) is 20.1 Å². The van der Waals surface area contributed by atoms with Crippen LogP contribution < -0.4 is 0 Å². The van der Waals surface area contributed by atoms with Crippen LogP contribution in [0, 0.1) is 6.92 Å². The smallest absolute Gasteiger partial charge is 0.282 e. The average molecular weight is 367 g/mol. The second-order valence-electron chi connectivity index (χ2n) is 6.13. The Morgan fingerprint density at radius 1 is 1.04 bits per heavy atom. The van der Waals surface area contributed by atoms with Gasteiger partial charge < -0.3 is 5.11 Å². The number of aliphatic hydroxyl groups is 1. The summed E-state index contributed by atoms with van der Waals surface area (Å²) in [5.74, 6) is 0. The van der Waals surface area contributed by atoms with Crippen LogP contribution in [0.4, 0.5) is 8.78 Å². The summed E-state index contributed by atoms with van der Waals surface area (Å²) < 4.78 is 27.3. The van der Waals surface area contributed by atoms with Crippen molar-refractivity contribution >= 4 is 5.65 Å². The van der Waals surface area contributed by atoms with Crippen LogP contribution in [0.3, 0.4) is 0 Å². The van der Waals surface area contributed by atoms with Gasteiger partial charge in [0.1, 0.15) is 17.7 Å². The lowest BCUT2D eigenvalue weighted by Gasteiger charge is -2.07. The molecule has 8 heteroatoms. The summed E-state index contributed by atoms with van der Waals surface area (Å²) in [6.45, 7) is 1.87. The second kappa shape index (κ2) is 6.81. The van der Waals surface area contributed by atoms with Gasteiger partial charge in [0.25, 0.3) is 6.43 Å². The van der Waals surface area contributed by atoms with Crippen LogP contribution in [-0.2, 0) is 6.61 Å². The summed E-state index contributed by atoms with van der Waals surface area (Å²) in [6.07, 6.45) is 0.274. The summed E-state index contributed by atoms with van der Waals surface area (Å²) >= 11 is 0. The van der Waals surface area contributed by atoms with Gasteiger partial charge in [-0.15, -0.1) is 0 Å². The Kier molecular flexibility index (Phi) is 4.33. The van der Waals surface area contributed by atoms with Crippen molar-refractivity contribution in [3.05, 3.63) is 65.7 Å². The van der Waals surface area contributed by atoms with Crippen LogP contribution in [0.25, 0.3) is 28.3 Å². The molecule has 1 aromatic carbocycles. The minimum absolute atomic E-state index is 0.0692. The number of imidazole rings is 1. The summed E-state index contributed by atoms with van der Waals surface area (Å²) in [6, 6.07) is 10.2. The molecule has 4 rings (SSSR count). The van der Waals surface area contributed by atoms with Crippen LogP contribution in [0.1, 0.15) is 23.2 Å². The van der Waals surface area contributed by atoms with E-state index in [-0.39, 0.29) is 12.3 Å². The molecule has 136 valence electrons. The lowest BCUT2D eigenvalue weighted by atomic mass is 10.0. The van der Waals surface area contributed by atoms with E-state index in [1.165, 1.54) is 23.0 Å². The Labute approximate surface area is 153 Å². The zero-order valence-electron chi connectivity index (χ0n) is 14.3. The van der Waals surface area contributed by atoms with Gasteiger partial charge in [-0.05, 0) is 42.8 Å². The number of alkyl halides is 2. The van der Waals surface area contributed by atoms with Crippen molar-refractivity contribution < 1.29 is 13.9 Å². The molecular weight excluding hydrogens is 352 g/mol. The minimum Gasteiger partial charge on any atom is -0.392 e. The van der Waals surface area contributed by atoms with Crippen LogP contribution in [-0.4, -0.2) is 29.7 Å². The molecule has 27 heavy (non-hydrogen) atoms. The van der Waals surface area contributed by atoms with Gasteiger partial charge in [-0.1, -0.05) is 11.6 Å². The Morgan fingerprint density at radius 2 is 1.85 bits per heavy atom. The quantitative estimate of drug-likeness (QED) is 0.596. The van der Waals surface area contributed by atoms with Crippen LogP contribution in [0.2, 0.25) is 0 Å². The molecule has 0 unspecified atom stereocenters. The molecule has 0 saturated carbocycles.